The Bertz CT molecular complexity index is 1370. The van der Waals surface area contributed by atoms with Gasteiger partial charge in [0.25, 0.3) is 11.8 Å². The minimum Gasteiger partial charge on any atom is -0.488 e. The van der Waals surface area contributed by atoms with Gasteiger partial charge in [0.05, 0.1) is 5.56 Å². The number of benzene rings is 3. The van der Waals surface area contributed by atoms with Crippen molar-refractivity contribution in [1.29, 1.82) is 0 Å². The number of nitrogens with zero attached hydrogens (tertiary/aromatic N) is 2. The molecule has 2 heterocycles. The van der Waals surface area contributed by atoms with Gasteiger partial charge in [-0.3, -0.25) is 20.0 Å². The molecule has 0 aliphatic carbocycles. The number of carbonyl (C=O) groups is 2. The molecule has 0 saturated carbocycles. The zero-order valence-corrected chi connectivity index (χ0v) is 20.7. The van der Waals surface area contributed by atoms with Crippen LogP contribution in [0.25, 0.3) is 0 Å². The highest BCUT2D eigenvalue weighted by Crippen LogP contribution is 2.36. The third kappa shape index (κ3) is 4.97. The first kappa shape index (κ1) is 22.9. The fourth-order valence-corrected chi connectivity index (χ4v) is 4.35. The van der Waals surface area contributed by atoms with Gasteiger partial charge in [-0.15, -0.1) is 0 Å². The number of aromatic nitrogens is 1. The molecule has 0 fully saturated rings. The average Bonchev–Trinajstić information content (AvgIpc) is 2.90. The molecule has 8 heteroatoms. The molecule has 4 aromatic rings. The molecular weight excluding hydrogens is 555 g/mol. The lowest BCUT2D eigenvalue weighted by Crippen LogP contribution is -2.53. The van der Waals surface area contributed by atoms with Gasteiger partial charge in [0.1, 0.15) is 12.4 Å². The van der Waals surface area contributed by atoms with Crippen molar-refractivity contribution in [3.05, 3.63) is 123 Å². The van der Waals surface area contributed by atoms with Crippen LogP contribution in [0.5, 0.6) is 5.75 Å². The Morgan fingerprint density at radius 3 is 2.54 bits per heavy atom. The van der Waals surface area contributed by atoms with Crippen LogP contribution in [0.1, 0.15) is 38.0 Å². The lowest BCUT2D eigenvalue weighted by molar-refractivity contribution is 0.0487. The molecule has 2 N–H and O–H groups in total. The van der Waals surface area contributed by atoms with Crippen LogP contribution in [0.15, 0.2) is 97.3 Å². The molecule has 0 saturated heterocycles. The van der Waals surface area contributed by atoms with Gasteiger partial charge in [-0.2, -0.15) is 0 Å². The van der Waals surface area contributed by atoms with Gasteiger partial charge in [-0.25, -0.2) is 5.01 Å². The lowest BCUT2D eigenvalue weighted by Gasteiger charge is -2.38. The number of ether oxygens (including phenoxy) is 1. The second-order valence-corrected chi connectivity index (χ2v) is 9.15. The van der Waals surface area contributed by atoms with E-state index in [9.17, 15) is 9.59 Å². The Morgan fingerprint density at radius 1 is 1.00 bits per heavy atom. The largest absolute Gasteiger partial charge is 0.488 e. The highest BCUT2D eigenvalue weighted by atomic mass is 127. The summed E-state index contributed by atoms with van der Waals surface area (Å²) in [5.74, 6) is -0.120. The number of hydrogen-bond donors (Lipinski definition) is 2. The fraction of sp³-hybridized carbons (Fsp3) is 0.0741. The maximum atomic E-state index is 13.6. The van der Waals surface area contributed by atoms with Crippen molar-refractivity contribution in [2.24, 2.45) is 0 Å². The number of hydrazine groups is 1. The van der Waals surface area contributed by atoms with E-state index in [1.165, 1.54) is 17.4 Å². The van der Waals surface area contributed by atoms with Crippen LogP contribution in [-0.4, -0.2) is 21.8 Å². The van der Waals surface area contributed by atoms with Gasteiger partial charge < -0.3 is 10.1 Å². The van der Waals surface area contributed by atoms with E-state index in [4.69, 9.17) is 4.74 Å². The van der Waals surface area contributed by atoms with Crippen molar-refractivity contribution in [1.82, 2.24) is 15.4 Å². The van der Waals surface area contributed by atoms with E-state index in [1.54, 1.807) is 18.2 Å². The summed E-state index contributed by atoms with van der Waals surface area (Å²) in [4.78, 5) is 30.6. The molecule has 3 aromatic carbocycles. The SMILES string of the molecule is O=C(NN1C(=O)c2cc(I)ccc2N[C@H]1c1ccccc1OCc1ccccc1)c1ccncc1. The summed E-state index contributed by atoms with van der Waals surface area (Å²) in [6, 6.07) is 26.1. The lowest BCUT2D eigenvalue weighted by atomic mass is 10.0. The molecule has 174 valence electrons. The Balaban J connectivity index is 1.51. The predicted molar refractivity (Wildman–Crippen MR) is 141 cm³/mol. The highest BCUT2D eigenvalue weighted by Gasteiger charge is 2.36. The summed E-state index contributed by atoms with van der Waals surface area (Å²) < 4.78 is 7.08. The Kier molecular flexibility index (Phi) is 6.62. The molecule has 1 aliphatic rings. The van der Waals surface area contributed by atoms with Crippen LogP contribution in [0.4, 0.5) is 5.69 Å². The maximum Gasteiger partial charge on any atom is 0.276 e. The number of anilines is 1. The second kappa shape index (κ2) is 10.1. The molecule has 1 atom stereocenters. The number of carbonyl (C=O) groups excluding carboxylic acids is 2. The molecule has 1 aliphatic heterocycles. The monoisotopic (exact) mass is 576 g/mol. The zero-order chi connectivity index (χ0) is 24.2. The number of pyridine rings is 1. The quantitative estimate of drug-likeness (QED) is 0.310. The summed E-state index contributed by atoms with van der Waals surface area (Å²) in [5, 5.41) is 4.74. The van der Waals surface area contributed by atoms with E-state index >= 15 is 0 Å². The maximum absolute atomic E-state index is 13.6. The number of fused-ring (bicyclic) bond motifs is 1. The Morgan fingerprint density at radius 2 is 1.74 bits per heavy atom. The first-order chi connectivity index (χ1) is 17.1. The van der Waals surface area contributed by atoms with Crippen molar-refractivity contribution in [2.75, 3.05) is 5.32 Å². The summed E-state index contributed by atoms with van der Waals surface area (Å²) in [7, 11) is 0. The number of halogens is 1. The Labute approximate surface area is 216 Å². The molecular formula is C27H21IN4O3. The van der Waals surface area contributed by atoms with Crippen molar-refractivity contribution >= 4 is 40.1 Å². The van der Waals surface area contributed by atoms with Gasteiger partial charge in [0.2, 0.25) is 0 Å². The van der Waals surface area contributed by atoms with Crippen molar-refractivity contribution in [2.45, 2.75) is 12.8 Å². The second-order valence-electron chi connectivity index (χ2n) is 7.90. The minimum atomic E-state index is -0.687. The number of rotatable bonds is 6. The van der Waals surface area contributed by atoms with E-state index in [2.05, 4.69) is 38.3 Å². The molecule has 0 bridgehead atoms. The van der Waals surface area contributed by atoms with Crippen LogP contribution in [0, 0.1) is 3.57 Å². The molecule has 0 unspecified atom stereocenters. The van der Waals surface area contributed by atoms with Crippen LogP contribution < -0.4 is 15.5 Å². The van der Waals surface area contributed by atoms with Gasteiger partial charge in [0, 0.05) is 32.8 Å². The van der Waals surface area contributed by atoms with Crippen molar-refractivity contribution in [3.8, 4) is 5.75 Å². The third-order valence-corrected chi connectivity index (χ3v) is 6.27. The van der Waals surface area contributed by atoms with E-state index in [0.717, 1.165) is 14.7 Å². The highest BCUT2D eigenvalue weighted by molar-refractivity contribution is 14.1. The first-order valence-corrected chi connectivity index (χ1v) is 12.0. The summed E-state index contributed by atoms with van der Waals surface area (Å²) in [6.45, 7) is 0.372. The number of amides is 2. The van der Waals surface area contributed by atoms with Gasteiger partial charge in [-0.1, -0.05) is 48.5 Å². The summed E-state index contributed by atoms with van der Waals surface area (Å²) in [6.07, 6.45) is 2.38. The molecule has 0 spiro atoms. The first-order valence-electron chi connectivity index (χ1n) is 11.0. The van der Waals surface area contributed by atoms with Crippen LogP contribution in [0.2, 0.25) is 0 Å². The van der Waals surface area contributed by atoms with E-state index in [0.29, 0.717) is 29.2 Å². The molecule has 35 heavy (non-hydrogen) atoms. The van der Waals surface area contributed by atoms with E-state index < -0.39 is 12.1 Å². The molecule has 1 aromatic heterocycles. The molecule has 2 amide bonds. The summed E-state index contributed by atoms with van der Waals surface area (Å²) in [5.41, 5.74) is 6.10. The topological polar surface area (TPSA) is 83.6 Å². The normalized spacial score (nSPS) is 14.6. The molecule has 7 nitrogen and oxygen atoms in total. The number of hydrogen-bond acceptors (Lipinski definition) is 5. The van der Waals surface area contributed by atoms with Crippen LogP contribution in [-0.2, 0) is 6.61 Å². The van der Waals surface area contributed by atoms with Gasteiger partial charge in [0.15, 0.2) is 6.17 Å². The van der Waals surface area contributed by atoms with Crippen molar-refractivity contribution in [3.63, 3.8) is 0 Å². The standard InChI is InChI=1S/C27H21IN4O3/c28-20-10-11-23-22(16-20)27(34)32(31-26(33)19-12-14-29-15-13-19)25(30-23)21-8-4-5-9-24(21)35-17-18-6-2-1-3-7-18/h1-16,25,30H,17H2,(H,31,33)/t25-/m1/s1. The fourth-order valence-electron chi connectivity index (χ4n) is 3.86. The van der Waals surface area contributed by atoms with Gasteiger partial charge >= 0.3 is 0 Å². The average molecular weight is 576 g/mol. The van der Waals surface area contributed by atoms with E-state index in [-0.39, 0.29) is 5.91 Å². The minimum absolute atomic E-state index is 0.317. The Hall–Kier alpha value is -3.92. The summed E-state index contributed by atoms with van der Waals surface area (Å²) >= 11 is 2.16. The zero-order valence-electron chi connectivity index (χ0n) is 18.5. The third-order valence-electron chi connectivity index (χ3n) is 5.60. The van der Waals surface area contributed by atoms with Gasteiger partial charge in [-0.05, 0) is 64.6 Å². The number of nitrogens with one attached hydrogen (secondary N) is 2. The van der Waals surface area contributed by atoms with Crippen LogP contribution in [0.3, 0.4) is 0 Å². The molecule has 0 radical (unpaired) electrons. The van der Waals surface area contributed by atoms with E-state index in [1.807, 2.05) is 66.7 Å². The van der Waals surface area contributed by atoms with Crippen LogP contribution >= 0.6 is 22.6 Å². The van der Waals surface area contributed by atoms with Crippen molar-refractivity contribution < 1.29 is 14.3 Å². The predicted octanol–water partition coefficient (Wildman–Crippen LogP) is 5.18. The number of para-hydroxylation sites is 1. The molecule has 5 rings (SSSR count). The smallest absolute Gasteiger partial charge is 0.276 e.